The molecule has 3 rings (SSSR count). The first-order valence-electron chi connectivity index (χ1n) is 10.8. The molecule has 2 aromatic carbocycles. The van der Waals surface area contributed by atoms with E-state index in [0.717, 1.165) is 22.9 Å². The second kappa shape index (κ2) is 11.5. The van der Waals surface area contributed by atoms with Crippen LogP contribution in [0.1, 0.15) is 43.4 Å². The fraction of sp³-hybridized carbons (Fsp3) is 0.269. The molecule has 1 amide bonds. The Hall–Kier alpha value is -3.32. The largest absolute Gasteiger partial charge is 0.506 e. The molecular weight excluding hydrogens is 438 g/mol. The number of aryl methyl sites for hydroxylation is 1. The number of nitrogens with zero attached hydrogens (tertiary/aromatic N) is 1. The van der Waals surface area contributed by atoms with E-state index in [-0.39, 0.29) is 35.3 Å². The van der Waals surface area contributed by atoms with Gasteiger partial charge in [-0.25, -0.2) is 9.79 Å². The van der Waals surface area contributed by atoms with Gasteiger partial charge in [0.1, 0.15) is 28.7 Å². The molecule has 0 saturated carbocycles. The van der Waals surface area contributed by atoms with Gasteiger partial charge in [0.25, 0.3) is 0 Å². The first-order valence-corrected chi connectivity index (χ1v) is 11.6. The van der Waals surface area contributed by atoms with E-state index in [1.165, 1.54) is 5.56 Å². The molecule has 0 saturated heterocycles. The number of benzene rings is 2. The summed E-state index contributed by atoms with van der Waals surface area (Å²) in [7, 11) is 0. The van der Waals surface area contributed by atoms with E-state index in [4.69, 9.17) is 9.47 Å². The minimum atomic E-state index is -0.710. The molecule has 0 aromatic heterocycles. The number of hydrogen-bond donors (Lipinski definition) is 1. The number of carbonyl (C=O) groups excluding carboxylic acids is 2. The number of hydrogen-bond acceptors (Lipinski definition) is 6. The van der Waals surface area contributed by atoms with Crippen molar-refractivity contribution in [3.8, 4) is 5.75 Å². The number of amides is 1. The molecule has 0 radical (unpaired) electrons. The summed E-state index contributed by atoms with van der Waals surface area (Å²) < 4.78 is 11.1. The fourth-order valence-electron chi connectivity index (χ4n) is 3.09. The third-order valence-electron chi connectivity index (χ3n) is 4.78. The Kier molecular flexibility index (Phi) is 8.49. The SMILES string of the molecule is CCCC(=O)N=C1S/C(=C\c2ccccc2OCc2ccc(C)cc2)C(O)=C1C(=O)OCC. The van der Waals surface area contributed by atoms with E-state index >= 15 is 0 Å². The second-order valence-corrected chi connectivity index (χ2v) is 8.46. The Labute approximate surface area is 198 Å². The van der Waals surface area contributed by atoms with Crippen molar-refractivity contribution in [1.29, 1.82) is 0 Å². The Balaban J connectivity index is 1.91. The zero-order valence-corrected chi connectivity index (χ0v) is 19.8. The number of aliphatic imine (C=N–C) groups is 1. The fourth-order valence-corrected chi connectivity index (χ4v) is 4.12. The molecule has 33 heavy (non-hydrogen) atoms. The summed E-state index contributed by atoms with van der Waals surface area (Å²) in [5.41, 5.74) is 2.85. The lowest BCUT2D eigenvalue weighted by Crippen LogP contribution is -2.14. The van der Waals surface area contributed by atoms with E-state index in [1.807, 2.05) is 62.4 Å². The van der Waals surface area contributed by atoms with Gasteiger partial charge in [-0.05, 0) is 38.0 Å². The highest BCUT2D eigenvalue weighted by Crippen LogP contribution is 2.40. The van der Waals surface area contributed by atoms with E-state index < -0.39 is 5.97 Å². The normalized spacial score (nSPS) is 15.8. The van der Waals surface area contributed by atoms with Crippen molar-refractivity contribution < 1.29 is 24.2 Å². The minimum Gasteiger partial charge on any atom is -0.506 e. The van der Waals surface area contributed by atoms with Crippen LogP contribution in [-0.4, -0.2) is 28.6 Å². The predicted molar refractivity (Wildman–Crippen MR) is 131 cm³/mol. The van der Waals surface area contributed by atoms with Crippen LogP contribution in [0, 0.1) is 6.92 Å². The van der Waals surface area contributed by atoms with Crippen LogP contribution in [-0.2, 0) is 20.9 Å². The maximum absolute atomic E-state index is 12.5. The molecule has 1 aliphatic heterocycles. The lowest BCUT2D eigenvalue weighted by atomic mass is 10.1. The number of carbonyl (C=O) groups is 2. The average Bonchev–Trinajstić information content (AvgIpc) is 3.09. The van der Waals surface area contributed by atoms with Crippen LogP contribution >= 0.6 is 11.8 Å². The number of aliphatic hydroxyl groups is 1. The van der Waals surface area contributed by atoms with Crippen molar-refractivity contribution >= 4 is 34.8 Å². The third kappa shape index (κ3) is 6.35. The predicted octanol–water partition coefficient (Wildman–Crippen LogP) is 5.76. The summed E-state index contributed by atoms with van der Waals surface area (Å²) in [4.78, 5) is 29.0. The lowest BCUT2D eigenvalue weighted by Gasteiger charge is -2.10. The number of para-hydroxylation sites is 1. The molecule has 0 fully saturated rings. The molecule has 1 aliphatic rings. The number of aliphatic hydroxyl groups excluding tert-OH is 1. The summed E-state index contributed by atoms with van der Waals surface area (Å²) >= 11 is 1.06. The maximum atomic E-state index is 12.5. The summed E-state index contributed by atoms with van der Waals surface area (Å²) in [6.45, 7) is 6.11. The van der Waals surface area contributed by atoms with Gasteiger partial charge in [-0.2, -0.15) is 0 Å². The van der Waals surface area contributed by atoms with Gasteiger partial charge < -0.3 is 14.6 Å². The summed E-state index contributed by atoms with van der Waals surface area (Å²) in [5, 5.41) is 10.9. The van der Waals surface area contributed by atoms with Gasteiger partial charge in [0, 0.05) is 12.0 Å². The van der Waals surface area contributed by atoms with Crippen LogP contribution in [0.15, 0.2) is 69.8 Å². The van der Waals surface area contributed by atoms with E-state index in [2.05, 4.69) is 4.99 Å². The topological polar surface area (TPSA) is 85.2 Å². The van der Waals surface area contributed by atoms with E-state index in [1.54, 1.807) is 13.0 Å². The quantitative estimate of drug-likeness (QED) is 0.499. The van der Waals surface area contributed by atoms with Crippen LogP contribution in [0.4, 0.5) is 0 Å². The van der Waals surface area contributed by atoms with Gasteiger partial charge >= 0.3 is 5.97 Å². The Bertz CT molecular complexity index is 1120. The number of esters is 1. The van der Waals surface area contributed by atoms with E-state index in [0.29, 0.717) is 23.7 Å². The Morgan fingerprint density at radius 3 is 2.52 bits per heavy atom. The lowest BCUT2D eigenvalue weighted by molar-refractivity contribution is -0.138. The molecule has 0 spiro atoms. The molecule has 0 aliphatic carbocycles. The molecule has 1 heterocycles. The summed E-state index contributed by atoms with van der Waals surface area (Å²) in [6, 6.07) is 15.5. The van der Waals surface area contributed by atoms with Crippen molar-refractivity contribution in [1.82, 2.24) is 0 Å². The highest BCUT2D eigenvalue weighted by Gasteiger charge is 2.33. The molecular formula is C26H27NO5S. The first kappa shape index (κ1) is 24.3. The van der Waals surface area contributed by atoms with Crippen molar-refractivity contribution in [3.05, 3.63) is 81.5 Å². The minimum absolute atomic E-state index is 0.0874. The standard InChI is InChI=1S/C26H27NO5S/c1-4-8-22(28)27-25-23(26(30)31-5-2)24(29)21(33-25)15-19-9-6-7-10-20(19)32-16-18-13-11-17(3)12-14-18/h6-7,9-15,29H,4-5,8,16H2,1-3H3/b21-15-,27-25?. The van der Waals surface area contributed by atoms with Crippen molar-refractivity contribution in [2.75, 3.05) is 6.61 Å². The third-order valence-corrected chi connectivity index (χ3v) is 5.80. The van der Waals surface area contributed by atoms with Gasteiger partial charge in [-0.15, -0.1) is 0 Å². The molecule has 6 nitrogen and oxygen atoms in total. The summed E-state index contributed by atoms with van der Waals surface area (Å²) in [5.74, 6) is -0.686. The Morgan fingerprint density at radius 2 is 1.82 bits per heavy atom. The number of rotatable bonds is 8. The molecule has 0 bridgehead atoms. The second-order valence-electron chi connectivity index (χ2n) is 7.43. The van der Waals surface area contributed by atoms with Gasteiger partial charge in [0.15, 0.2) is 0 Å². The van der Waals surface area contributed by atoms with Gasteiger partial charge in [-0.1, -0.05) is 66.7 Å². The van der Waals surface area contributed by atoms with Crippen LogP contribution < -0.4 is 4.74 Å². The van der Waals surface area contributed by atoms with Crippen molar-refractivity contribution in [3.63, 3.8) is 0 Å². The van der Waals surface area contributed by atoms with Crippen LogP contribution in [0.5, 0.6) is 5.75 Å². The zero-order chi connectivity index (χ0) is 23.8. The molecule has 172 valence electrons. The van der Waals surface area contributed by atoms with Gasteiger partial charge in [0.2, 0.25) is 5.91 Å². The van der Waals surface area contributed by atoms with Gasteiger partial charge in [0.05, 0.1) is 11.5 Å². The molecule has 2 aromatic rings. The Morgan fingerprint density at radius 1 is 1.09 bits per heavy atom. The number of thioether (sulfide) groups is 1. The highest BCUT2D eigenvalue weighted by atomic mass is 32.2. The molecule has 1 N–H and O–H groups in total. The van der Waals surface area contributed by atoms with Crippen LogP contribution in [0.3, 0.4) is 0 Å². The highest BCUT2D eigenvalue weighted by molar-refractivity contribution is 8.18. The molecule has 0 atom stereocenters. The number of ether oxygens (including phenoxy) is 2. The maximum Gasteiger partial charge on any atom is 0.344 e. The average molecular weight is 466 g/mol. The smallest absolute Gasteiger partial charge is 0.344 e. The zero-order valence-electron chi connectivity index (χ0n) is 19.0. The van der Waals surface area contributed by atoms with Gasteiger partial charge in [-0.3, -0.25) is 4.79 Å². The molecule has 7 heteroatoms. The molecule has 0 unspecified atom stereocenters. The summed E-state index contributed by atoms with van der Waals surface area (Å²) in [6.07, 6.45) is 2.62. The van der Waals surface area contributed by atoms with E-state index in [9.17, 15) is 14.7 Å². The first-order chi connectivity index (χ1) is 15.9. The van der Waals surface area contributed by atoms with Crippen molar-refractivity contribution in [2.45, 2.75) is 40.2 Å². The van der Waals surface area contributed by atoms with Crippen molar-refractivity contribution in [2.24, 2.45) is 4.99 Å². The van der Waals surface area contributed by atoms with Crippen LogP contribution in [0.2, 0.25) is 0 Å². The monoisotopic (exact) mass is 465 g/mol. The van der Waals surface area contributed by atoms with Crippen LogP contribution in [0.25, 0.3) is 6.08 Å².